The fraction of sp³-hybridized carbons (Fsp3) is 0.167. The zero-order chi connectivity index (χ0) is 13.0. The van der Waals surface area contributed by atoms with Crippen LogP contribution in [0.2, 0.25) is 0 Å². The summed E-state index contributed by atoms with van der Waals surface area (Å²) in [6.07, 6.45) is 0. The van der Waals surface area contributed by atoms with Gasteiger partial charge in [-0.15, -0.1) is 0 Å². The number of aromatic nitrogens is 1. The number of halogens is 1. The van der Waals surface area contributed by atoms with Crippen molar-refractivity contribution in [2.45, 2.75) is 13.8 Å². The number of carboxylic acids is 1. The minimum absolute atomic E-state index is 0.0892. The molecule has 1 aromatic carbocycles. The highest BCUT2D eigenvalue weighted by molar-refractivity contribution is 14.1. The Hall–Kier alpha value is -1.37. The Labute approximate surface area is 112 Å². The minimum atomic E-state index is -1.13. The van der Waals surface area contributed by atoms with Gasteiger partial charge < -0.3 is 10.1 Å². The monoisotopic (exact) mass is 345 g/mol. The van der Waals surface area contributed by atoms with E-state index in [0.29, 0.717) is 10.9 Å². The van der Waals surface area contributed by atoms with E-state index in [1.165, 1.54) is 0 Å². The van der Waals surface area contributed by atoms with Crippen molar-refractivity contribution in [2.24, 2.45) is 0 Å². The van der Waals surface area contributed by atoms with E-state index in [0.717, 1.165) is 9.64 Å². The number of aromatic carboxylic acids is 1. The summed E-state index contributed by atoms with van der Waals surface area (Å²) in [7, 11) is 0. The third kappa shape index (κ3) is 3.06. The van der Waals surface area contributed by atoms with Gasteiger partial charge in [0.2, 0.25) is 0 Å². The molecule has 0 aliphatic carbocycles. The maximum absolute atomic E-state index is 11.6. The normalized spacial score (nSPS) is 9.59. The first-order valence-electron chi connectivity index (χ1n) is 5.14. The van der Waals surface area contributed by atoms with Crippen molar-refractivity contribution in [1.82, 2.24) is 4.98 Å². The van der Waals surface area contributed by atoms with E-state index in [2.05, 4.69) is 27.6 Å². The average Bonchev–Trinajstić information content (AvgIpc) is 2.32. The lowest BCUT2D eigenvalue weighted by molar-refractivity contribution is 0.0691. The van der Waals surface area contributed by atoms with E-state index in [4.69, 9.17) is 5.11 Å². The van der Waals surface area contributed by atoms with Crippen LogP contribution in [0, 0.1) is 3.57 Å². The lowest BCUT2D eigenvalue weighted by Gasteiger charge is -2.00. The Morgan fingerprint density at radius 3 is 2.53 bits per heavy atom. The fourth-order valence-electron chi connectivity index (χ4n) is 1.33. The van der Waals surface area contributed by atoms with Crippen LogP contribution in [0.15, 0.2) is 29.1 Å². The van der Waals surface area contributed by atoms with Crippen LogP contribution in [0.25, 0.3) is 10.9 Å². The zero-order valence-electron chi connectivity index (χ0n) is 9.45. The lowest BCUT2D eigenvalue weighted by Crippen LogP contribution is -2.09. The molecule has 4 nitrogen and oxygen atoms in total. The molecular formula is C12H12INO3. The maximum atomic E-state index is 11.6. The largest absolute Gasteiger partial charge is 0.477 e. The van der Waals surface area contributed by atoms with Gasteiger partial charge in [0.25, 0.3) is 0 Å². The molecule has 0 aliphatic rings. The van der Waals surface area contributed by atoms with Gasteiger partial charge in [0.15, 0.2) is 5.43 Å². The number of pyridine rings is 1. The fourth-order valence-corrected chi connectivity index (χ4v) is 1.83. The molecule has 90 valence electrons. The SMILES string of the molecule is CC.O=C(O)c1cc(=O)c2cc(I)ccc2[nH]1. The lowest BCUT2D eigenvalue weighted by atomic mass is 10.2. The number of carbonyl (C=O) groups is 1. The summed E-state index contributed by atoms with van der Waals surface area (Å²) < 4.78 is 0.939. The average molecular weight is 345 g/mol. The van der Waals surface area contributed by atoms with Crippen LogP contribution in [0.1, 0.15) is 24.3 Å². The van der Waals surface area contributed by atoms with Crippen molar-refractivity contribution in [3.63, 3.8) is 0 Å². The van der Waals surface area contributed by atoms with Crippen LogP contribution in [0.5, 0.6) is 0 Å². The van der Waals surface area contributed by atoms with E-state index < -0.39 is 5.97 Å². The molecule has 0 aliphatic heterocycles. The number of rotatable bonds is 1. The quantitative estimate of drug-likeness (QED) is 0.781. The predicted octanol–water partition coefficient (Wildman–Crippen LogP) is 2.86. The molecule has 0 atom stereocenters. The highest BCUT2D eigenvalue weighted by Crippen LogP contribution is 2.12. The van der Waals surface area contributed by atoms with Crippen LogP contribution in [-0.4, -0.2) is 16.1 Å². The predicted molar refractivity (Wildman–Crippen MR) is 75.6 cm³/mol. The summed E-state index contributed by atoms with van der Waals surface area (Å²) in [5.41, 5.74) is 0.175. The van der Waals surface area contributed by atoms with Gasteiger partial charge in [-0.3, -0.25) is 4.79 Å². The van der Waals surface area contributed by atoms with E-state index in [-0.39, 0.29) is 11.1 Å². The molecule has 0 saturated carbocycles. The molecule has 0 unspecified atom stereocenters. The van der Waals surface area contributed by atoms with E-state index >= 15 is 0 Å². The smallest absolute Gasteiger partial charge is 0.352 e. The molecule has 0 radical (unpaired) electrons. The number of carboxylic acid groups (broad SMARTS) is 1. The van der Waals surface area contributed by atoms with Crippen molar-refractivity contribution in [3.05, 3.63) is 43.8 Å². The van der Waals surface area contributed by atoms with Crippen molar-refractivity contribution < 1.29 is 9.90 Å². The second kappa shape index (κ2) is 5.81. The summed E-state index contributed by atoms with van der Waals surface area (Å²) in [6, 6.07) is 6.33. The summed E-state index contributed by atoms with van der Waals surface area (Å²) in [4.78, 5) is 25.0. The van der Waals surface area contributed by atoms with E-state index in [1.807, 2.05) is 19.9 Å². The molecule has 1 heterocycles. The summed E-state index contributed by atoms with van der Waals surface area (Å²) in [6.45, 7) is 4.00. The standard InChI is InChI=1S/C10H6INO3.C2H6/c11-5-1-2-7-6(3-5)9(13)4-8(12-7)10(14)15;1-2/h1-4H,(H,12,13)(H,14,15);1-2H3. The van der Waals surface area contributed by atoms with E-state index in [9.17, 15) is 9.59 Å². The summed E-state index contributed by atoms with van der Waals surface area (Å²) in [5, 5.41) is 9.26. The van der Waals surface area contributed by atoms with Gasteiger partial charge in [-0.05, 0) is 40.8 Å². The number of H-pyrrole nitrogens is 1. The molecule has 0 bridgehead atoms. The van der Waals surface area contributed by atoms with Gasteiger partial charge in [0.05, 0.1) is 0 Å². The topological polar surface area (TPSA) is 70.2 Å². The Bertz CT molecular complexity index is 604. The van der Waals surface area contributed by atoms with Crippen LogP contribution >= 0.6 is 22.6 Å². The van der Waals surface area contributed by atoms with Crippen LogP contribution in [0.4, 0.5) is 0 Å². The molecular weight excluding hydrogens is 333 g/mol. The summed E-state index contributed by atoms with van der Waals surface area (Å²) in [5.74, 6) is -1.13. The number of hydrogen-bond donors (Lipinski definition) is 2. The Morgan fingerprint density at radius 1 is 1.29 bits per heavy atom. The van der Waals surface area contributed by atoms with Crippen molar-refractivity contribution in [1.29, 1.82) is 0 Å². The molecule has 2 rings (SSSR count). The molecule has 0 amide bonds. The number of fused-ring (bicyclic) bond motifs is 1. The molecule has 0 fully saturated rings. The van der Waals surface area contributed by atoms with E-state index in [1.54, 1.807) is 12.1 Å². The minimum Gasteiger partial charge on any atom is -0.477 e. The van der Waals surface area contributed by atoms with Crippen molar-refractivity contribution in [3.8, 4) is 0 Å². The summed E-state index contributed by atoms with van der Waals surface area (Å²) >= 11 is 2.10. The van der Waals surface area contributed by atoms with Crippen molar-refractivity contribution in [2.75, 3.05) is 0 Å². The highest BCUT2D eigenvalue weighted by atomic mass is 127. The first-order valence-corrected chi connectivity index (χ1v) is 6.21. The Kier molecular flexibility index (Phi) is 4.68. The van der Waals surface area contributed by atoms with Crippen molar-refractivity contribution >= 4 is 39.5 Å². The zero-order valence-corrected chi connectivity index (χ0v) is 11.6. The third-order valence-electron chi connectivity index (χ3n) is 2.02. The van der Waals surface area contributed by atoms with Gasteiger partial charge >= 0.3 is 5.97 Å². The number of aromatic amines is 1. The van der Waals surface area contributed by atoms with Crippen LogP contribution in [0.3, 0.4) is 0 Å². The molecule has 5 heteroatoms. The Morgan fingerprint density at radius 2 is 1.94 bits per heavy atom. The van der Waals surface area contributed by atoms with Gasteiger partial charge in [-0.2, -0.15) is 0 Å². The van der Waals surface area contributed by atoms with Gasteiger partial charge in [-0.25, -0.2) is 4.79 Å². The highest BCUT2D eigenvalue weighted by Gasteiger charge is 2.07. The number of hydrogen-bond acceptors (Lipinski definition) is 2. The second-order valence-electron chi connectivity index (χ2n) is 3.04. The first kappa shape index (κ1) is 13.7. The maximum Gasteiger partial charge on any atom is 0.352 e. The first-order chi connectivity index (χ1) is 8.08. The third-order valence-corrected chi connectivity index (χ3v) is 2.69. The number of nitrogens with one attached hydrogen (secondary N) is 1. The van der Waals surface area contributed by atoms with Crippen LogP contribution in [-0.2, 0) is 0 Å². The van der Waals surface area contributed by atoms with Gasteiger partial charge in [0, 0.05) is 20.5 Å². The number of benzene rings is 1. The van der Waals surface area contributed by atoms with Gasteiger partial charge in [-0.1, -0.05) is 13.8 Å². The molecule has 0 saturated heterocycles. The second-order valence-corrected chi connectivity index (χ2v) is 4.29. The molecule has 0 spiro atoms. The molecule has 1 aromatic heterocycles. The van der Waals surface area contributed by atoms with Gasteiger partial charge in [0.1, 0.15) is 5.69 Å². The van der Waals surface area contributed by atoms with Crippen LogP contribution < -0.4 is 5.43 Å². The Balaban J connectivity index is 0.000000686. The molecule has 2 aromatic rings. The molecule has 2 N–H and O–H groups in total. The molecule has 17 heavy (non-hydrogen) atoms.